The van der Waals surface area contributed by atoms with E-state index in [0.29, 0.717) is 35.7 Å². The predicted molar refractivity (Wildman–Crippen MR) is 72.3 cm³/mol. The Morgan fingerprint density at radius 3 is 2.95 bits per heavy atom. The number of carbonyl (C=O) groups is 1. The van der Waals surface area contributed by atoms with Gasteiger partial charge in [-0.1, -0.05) is 11.6 Å². The molecule has 0 amide bonds. The highest BCUT2D eigenvalue weighted by atomic mass is 35.5. The molecule has 1 unspecified atom stereocenters. The highest BCUT2D eigenvalue weighted by Crippen LogP contribution is 2.21. The van der Waals surface area contributed by atoms with E-state index in [0.717, 1.165) is 0 Å². The van der Waals surface area contributed by atoms with Crippen molar-refractivity contribution in [3.8, 4) is 6.07 Å². The fourth-order valence-corrected chi connectivity index (χ4v) is 1.78. The average Bonchev–Trinajstić information content (AvgIpc) is 2.39. The first kappa shape index (κ1) is 15.3. The van der Waals surface area contributed by atoms with E-state index in [1.807, 2.05) is 6.07 Å². The SMILES string of the molecule is COCCCC(Nc1ccc(Cl)cc1C#N)C(=O)O. The normalized spacial score (nSPS) is 11.6. The molecule has 0 aliphatic rings. The Kier molecular flexibility index (Phi) is 6.13. The van der Waals surface area contributed by atoms with E-state index in [4.69, 9.17) is 26.7 Å². The monoisotopic (exact) mass is 282 g/mol. The summed E-state index contributed by atoms with van der Waals surface area (Å²) in [4.78, 5) is 11.2. The topological polar surface area (TPSA) is 82.3 Å². The number of methoxy groups -OCH3 is 1. The molecule has 19 heavy (non-hydrogen) atoms. The van der Waals surface area contributed by atoms with Crippen LogP contribution in [0.5, 0.6) is 0 Å². The lowest BCUT2D eigenvalue weighted by atomic mass is 10.1. The van der Waals surface area contributed by atoms with Gasteiger partial charge < -0.3 is 15.2 Å². The van der Waals surface area contributed by atoms with E-state index in [1.165, 1.54) is 6.07 Å². The number of nitriles is 1. The van der Waals surface area contributed by atoms with Crippen LogP contribution in [0.2, 0.25) is 5.02 Å². The summed E-state index contributed by atoms with van der Waals surface area (Å²) in [5.74, 6) is -0.963. The maximum atomic E-state index is 11.2. The second-order valence-electron chi connectivity index (χ2n) is 3.97. The molecule has 0 aliphatic heterocycles. The van der Waals surface area contributed by atoms with Gasteiger partial charge in [-0.05, 0) is 31.0 Å². The van der Waals surface area contributed by atoms with Crippen molar-refractivity contribution in [2.75, 3.05) is 19.0 Å². The molecule has 1 rings (SSSR count). The van der Waals surface area contributed by atoms with Gasteiger partial charge in [-0.25, -0.2) is 4.79 Å². The molecule has 0 aliphatic carbocycles. The van der Waals surface area contributed by atoms with Crippen LogP contribution in [0.25, 0.3) is 0 Å². The van der Waals surface area contributed by atoms with Gasteiger partial charge in [0.15, 0.2) is 0 Å². The Bertz CT molecular complexity index is 485. The molecule has 5 nitrogen and oxygen atoms in total. The summed E-state index contributed by atoms with van der Waals surface area (Å²) in [7, 11) is 1.57. The Labute approximate surface area is 116 Å². The average molecular weight is 283 g/mol. The van der Waals surface area contributed by atoms with Crippen molar-refractivity contribution in [1.82, 2.24) is 0 Å². The molecule has 6 heteroatoms. The number of hydrogen-bond acceptors (Lipinski definition) is 4. The zero-order chi connectivity index (χ0) is 14.3. The van der Waals surface area contributed by atoms with Crippen molar-refractivity contribution in [3.05, 3.63) is 28.8 Å². The molecule has 1 atom stereocenters. The van der Waals surface area contributed by atoms with Crippen LogP contribution in [-0.4, -0.2) is 30.8 Å². The van der Waals surface area contributed by atoms with Gasteiger partial charge in [-0.15, -0.1) is 0 Å². The lowest BCUT2D eigenvalue weighted by Gasteiger charge is -2.16. The van der Waals surface area contributed by atoms with Gasteiger partial charge >= 0.3 is 5.97 Å². The van der Waals surface area contributed by atoms with E-state index in [1.54, 1.807) is 19.2 Å². The summed E-state index contributed by atoms with van der Waals surface area (Å²) in [6, 6.07) is 5.93. The first-order valence-corrected chi connectivity index (χ1v) is 6.14. The Morgan fingerprint density at radius 2 is 2.37 bits per heavy atom. The van der Waals surface area contributed by atoms with Crippen LogP contribution < -0.4 is 5.32 Å². The molecule has 0 saturated carbocycles. The number of aliphatic carboxylic acids is 1. The molecule has 1 aromatic rings. The van der Waals surface area contributed by atoms with Crippen molar-refractivity contribution in [3.63, 3.8) is 0 Å². The Hall–Kier alpha value is -1.77. The van der Waals surface area contributed by atoms with Gasteiger partial charge in [0.25, 0.3) is 0 Å². The van der Waals surface area contributed by atoms with Crippen LogP contribution >= 0.6 is 11.6 Å². The number of benzene rings is 1. The molecule has 0 saturated heterocycles. The van der Waals surface area contributed by atoms with Crippen molar-refractivity contribution < 1.29 is 14.6 Å². The third kappa shape index (κ3) is 4.78. The van der Waals surface area contributed by atoms with Gasteiger partial charge in [0.2, 0.25) is 0 Å². The minimum atomic E-state index is -0.963. The Morgan fingerprint density at radius 1 is 1.63 bits per heavy atom. The highest BCUT2D eigenvalue weighted by Gasteiger charge is 2.18. The van der Waals surface area contributed by atoms with E-state index in [2.05, 4.69) is 5.32 Å². The standard InChI is InChI=1S/C13H15ClN2O3/c1-19-6-2-3-12(13(17)18)16-11-5-4-10(14)7-9(11)8-15/h4-5,7,12,16H,2-3,6H2,1H3,(H,17,18). The summed E-state index contributed by atoms with van der Waals surface area (Å²) in [5, 5.41) is 21.4. The number of halogens is 1. The van der Waals surface area contributed by atoms with E-state index < -0.39 is 12.0 Å². The molecule has 0 spiro atoms. The van der Waals surface area contributed by atoms with Gasteiger partial charge in [-0.3, -0.25) is 0 Å². The summed E-state index contributed by atoms with van der Waals surface area (Å²) in [6.45, 7) is 0.497. The third-order valence-corrected chi connectivity index (χ3v) is 2.81. The number of anilines is 1. The van der Waals surface area contributed by atoms with Crippen molar-refractivity contribution in [2.24, 2.45) is 0 Å². The number of rotatable bonds is 7. The first-order valence-electron chi connectivity index (χ1n) is 5.76. The van der Waals surface area contributed by atoms with Gasteiger partial charge in [-0.2, -0.15) is 5.26 Å². The molecule has 0 bridgehead atoms. The quantitative estimate of drug-likeness (QED) is 0.751. The third-order valence-electron chi connectivity index (χ3n) is 2.57. The van der Waals surface area contributed by atoms with Crippen LogP contribution in [-0.2, 0) is 9.53 Å². The molecular formula is C13H15ClN2O3. The van der Waals surface area contributed by atoms with Gasteiger partial charge in [0.1, 0.15) is 12.1 Å². The van der Waals surface area contributed by atoms with E-state index in [-0.39, 0.29) is 0 Å². The maximum absolute atomic E-state index is 11.2. The highest BCUT2D eigenvalue weighted by molar-refractivity contribution is 6.30. The number of ether oxygens (including phenoxy) is 1. The number of hydrogen-bond donors (Lipinski definition) is 2. The number of carboxylic acid groups (broad SMARTS) is 1. The van der Waals surface area contributed by atoms with Crippen molar-refractivity contribution in [2.45, 2.75) is 18.9 Å². The zero-order valence-electron chi connectivity index (χ0n) is 10.5. The first-order chi connectivity index (χ1) is 9.08. The molecule has 0 fully saturated rings. The maximum Gasteiger partial charge on any atom is 0.326 e. The zero-order valence-corrected chi connectivity index (χ0v) is 11.3. The largest absolute Gasteiger partial charge is 0.480 e. The molecule has 0 radical (unpaired) electrons. The van der Waals surface area contributed by atoms with E-state index >= 15 is 0 Å². The smallest absolute Gasteiger partial charge is 0.326 e. The summed E-state index contributed by atoms with van der Waals surface area (Å²) >= 11 is 5.79. The van der Waals surface area contributed by atoms with Crippen LogP contribution in [0, 0.1) is 11.3 Å². The van der Waals surface area contributed by atoms with Crippen LogP contribution in [0.4, 0.5) is 5.69 Å². The number of carboxylic acids is 1. The molecule has 1 aromatic carbocycles. The number of nitrogens with zero attached hydrogens (tertiary/aromatic N) is 1. The molecule has 2 N–H and O–H groups in total. The summed E-state index contributed by atoms with van der Waals surface area (Å²) in [6.07, 6.45) is 1.03. The minimum absolute atomic E-state index is 0.325. The predicted octanol–water partition coefficient (Wildman–Crippen LogP) is 2.50. The fourth-order valence-electron chi connectivity index (χ4n) is 1.61. The summed E-state index contributed by atoms with van der Waals surface area (Å²) in [5.41, 5.74) is 0.794. The minimum Gasteiger partial charge on any atom is -0.480 e. The lowest BCUT2D eigenvalue weighted by molar-refractivity contribution is -0.138. The lowest BCUT2D eigenvalue weighted by Crippen LogP contribution is -2.29. The molecule has 0 heterocycles. The molecule has 0 aromatic heterocycles. The number of nitrogens with one attached hydrogen (secondary N) is 1. The summed E-state index contributed by atoms with van der Waals surface area (Å²) < 4.78 is 4.89. The van der Waals surface area contributed by atoms with Gasteiger partial charge in [0, 0.05) is 18.7 Å². The molecule has 102 valence electrons. The second kappa shape index (κ2) is 7.62. The van der Waals surface area contributed by atoms with Crippen LogP contribution in [0.15, 0.2) is 18.2 Å². The van der Waals surface area contributed by atoms with Crippen LogP contribution in [0.1, 0.15) is 18.4 Å². The van der Waals surface area contributed by atoms with Crippen molar-refractivity contribution >= 4 is 23.3 Å². The fraction of sp³-hybridized carbons (Fsp3) is 0.385. The van der Waals surface area contributed by atoms with E-state index in [9.17, 15) is 4.79 Å². The van der Waals surface area contributed by atoms with Crippen LogP contribution in [0.3, 0.4) is 0 Å². The van der Waals surface area contributed by atoms with Crippen molar-refractivity contribution in [1.29, 1.82) is 5.26 Å². The van der Waals surface area contributed by atoms with Gasteiger partial charge in [0.05, 0.1) is 11.3 Å². The Balaban J connectivity index is 2.79. The molecular weight excluding hydrogens is 268 g/mol. The second-order valence-corrected chi connectivity index (χ2v) is 4.41.